The fourth-order valence-corrected chi connectivity index (χ4v) is 1.97. The van der Waals surface area contributed by atoms with Crippen LogP contribution in [0.5, 0.6) is 0 Å². The van der Waals surface area contributed by atoms with Gasteiger partial charge in [0.1, 0.15) is 0 Å². The van der Waals surface area contributed by atoms with E-state index < -0.39 is 18.0 Å². The molecular formula is C19H28BrNaO8. The van der Waals surface area contributed by atoms with Gasteiger partial charge >= 0.3 is 35.5 Å². The van der Waals surface area contributed by atoms with Crippen LogP contribution in [0, 0.1) is 0 Å². The zero-order valence-electron chi connectivity index (χ0n) is 16.5. The molecule has 2 atom stereocenters. The summed E-state index contributed by atoms with van der Waals surface area (Å²) < 4.78 is 14.8. The molecule has 8 nitrogen and oxygen atoms in total. The molecule has 0 aromatic heterocycles. The second-order valence-corrected chi connectivity index (χ2v) is 6.90. The third-order valence-electron chi connectivity index (χ3n) is 3.17. The number of aliphatic carboxylic acids is 1. The van der Waals surface area contributed by atoms with Gasteiger partial charge in [0.05, 0.1) is 37.2 Å². The number of carbonyl (C=O) groups excluding carboxylic acids is 4. The number of alkyl halides is 1. The molecule has 0 saturated carbocycles. The fraction of sp³-hybridized carbons (Fsp3) is 0.579. The number of carbonyl (C=O) groups is 4. The van der Waals surface area contributed by atoms with Crippen LogP contribution in [0.2, 0.25) is 0 Å². The van der Waals surface area contributed by atoms with Gasteiger partial charge in [-0.05, 0) is 19.4 Å². The Hall–Kier alpha value is -0.840. The number of esters is 1. The largest absolute Gasteiger partial charge is 1.00 e. The van der Waals surface area contributed by atoms with Crippen LogP contribution >= 0.6 is 15.9 Å². The van der Waals surface area contributed by atoms with Crippen LogP contribution < -0.4 is 34.7 Å². The number of carboxylic acid groups (broad SMARTS) is 1. The first-order valence-corrected chi connectivity index (χ1v) is 9.06. The van der Waals surface area contributed by atoms with Crippen LogP contribution in [0.15, 0.2) is 24.3 Å². The fourth-order valence-electron chi connectivity index (χ4n) is 1.56. The van der Waals surface area contributed by atoms with Crippen molar-refractivity contribution in [2.24, 2.45) is 0 Å². The smallest absolute Gasteiger partial charge is 0.545 e. The third-order valence-corrected chi connectivity index (χ3v) is 3.95. The Bertz CT molecular complexity index is 579. The molecule has 2 saturated heterocycles. The maximum absolute atomic E-state index is 11.2. The topological polar surface area (TPSA) is 119 Å². The van der Waals surface area contributed by atoms with Crippen molar-refractivity contribution in [2.75, 3.05) is 26.4 Å². The van der Waals surface area contributed by atoms with Crippen molar-refractivity contribution in [2.45, 2.75) is 45.0 Å². The van der Waals surface area contributed by atoms with Gasteiger partial charge < -0.3 is 24.1 Å². The Morgan fingerprint density at radius 1 is 1.03 bits per heavy atom. The average molecular weight is 487 g/mol. The normalized spacial score (nSPS) is 20.1. The summed E-state index contributed by atoms with van der Waals surface area (Å²) in [6.07, 6.45) is 0.141. The Morgan fingerprint density at radius 2 is 1.48 bits per heavy atom. The molecular weight excluding hydrogens is 459 g/mol. The molecule has 2 fully saturated rings. The molecule has 0 bridgehead atoms. The summed E-state index contributed by atoms with van der Waals surface area (Å²) in [5.74, 6) is -1.55. The van der Waals surface area contributed by atoms with Crippen molar-refractivity contribution in [3.8, 4) is 0 Å². The molecule has 2 unspecified atom stereocenters. The number of hydrogen-bond acceptors (Lipinski definition) is 8. The van der Waals surface area contributed by atoms with Crippen LogP contribution in [0.3, 0.4) is 0 Å². The quantitative estimate of drug-likeness (QED) is 0.197. The number of Topliss-reactive ketones (excluding diaryl/α,β-unsaturated/α-hetero) is 2. The average Bonchev–Trinajstić information content (AvgIpc) is 2.60. The Morgan fingerprint density at radius 3 is 1.79 bits per heavy atom. The van der Waals surface area contributed by atoms with Crippen LogP contribution in [-0.4, -0.2) is 60.9 Å². The first kappa shape index (κ1) is 32.8. The molecule has 2 heterocycles. The van der Waals surface area contributed by atoms with E-state index in [2.05, 4.69) is 29.1 Å². The Labute approximate surface area is 202 Å². The van der Waals surface area contributed by atoms with Crippen LogP contribution in [0.1, 0.15) is 34.1 Å². The summed E-state index contributed by atoms with van der Waals surface area (Å²) in [4.78, 5) is 42.3. The van der Waals surface area contributed by atoms with E-state index in [-0.39, 0.29) is 65.6 Å². The SMILES string of the molecule is C.C=C(C)C(=O)OC1COCCC1=O.C=C(C)C(=O)[O-].O=C1CCOCC1Br.[Na+]. The molecule has 29 heavy (non-hydrogen) atoms. The molecule has 0 aromatic carbocycles. The van der Waals surface area contributed by atoms with Crippen LogP contribution in [-0.2, 0) is 33.4 Å². The van der Waals surface area contributed by atoms with Gasteiger partial charge in [0, 0.05) is 18.4 Å². The van der Waals surface area contributed by atoms with E-state index in [1.807, 2.05) is 0 Å². The summed E-state index contributed by atoms with van der Waals surface area (Å²) in [6, 6.07) is 0. The maximum Gasteiger partial charge on any atom is 1.00 e. The van der Waals surface area contributed by atoms with Crippen molar-refractivity contribution in [1.82, 2.24) is 0 Å². The number of halogens is 1. The first-order valence-electron chi connectivity index (χ1n) is 8.14. The number of rotatable bonds is 3. The standard InChI is InChI=1S/C9H12O4.C5H7BrO2.C4H6O2.CH4.Na/c1-6(2)9(11)13-8-5-12-4-3-7(8)10;6-4-3-8-2-1-5(4)7;1-3(2)4(5)6;;/h8H,1,3-5H2,2H3;4H,1-3H2;1H2,2H3,(H,5,6);1H4;/q;;;;+1/p-1. The monoisotopic (exact) mass is 486 g/mol. The number of hydrogen-bond donors (Lipinski definition) is 0. The van der Waals surface area contributed by atoms with E-state index in [1.54, 1.807) is 0 Å². The molecule has 160 valence electrons. The molecule has 0 aliphatic carbocycles. The summed E-state index contributed by atoms with van der Waals surface area (Å²) in [6.45, 7) is 11.2. The van der Waals surface area contributed by atoms with Gasteiger partial charge in [-0.2, -0.15) is 0 Å². The number of ketones is 2. The minimum atomic E-state index is -1.19. The molecule has 0 aromatic rings. The zero-order chi connectivity index (χ0) is 21.0. The van der Waals surface area contributed by atoms with Crippen LogP contribution in [0.4, 0.5) is 0 Å². The van der Waals surface area contributed by atoms with Gasteiger partial charge in [0.2, 0.25) is 0 Å². The van der Waals surface area contributed by atoms with Gasteiger partial charge in [0.15, 0.2) is 17.7 Å². The van der Waals surface area contributed by atoms with Crippen molar-refractivity contribution in [3.05, 3.63) is 24.3 Å². The zero-order valence-corrected chi connectivity index (χ0v) is 20.0. The van der Waals surface area contributed by atoms with Crippen LogP contribution in [0.25, 0.3) is 0 Å². The maximum atomic E-state index is 11.2. The van der Waals surface area contributed by atoms with Gasteiger partial charge in [0.25, 0.3) is 0 Å². The first-order chi connectivity index (χ1) is 12.6. The van der Waals surface area contributed by atoms with E-state index in [0.717, 1.165) is 0 Å². The van der Waals surface area contributed by atoms with Crippen molar-refractivity contribution in [1.29, 1.82) is 0 Å². The summed E-state index contributed by atoms with van der Waals surface area (Å²) in [7, 11) is 0. The number of carboxylic acids is 1. The predicted molar refractivity (Wildman–Crippen MR) is 105 cm³/mol. The van der Waals surface area contributed by atoms with Gasteiger partial charge in [-0.15, -0.1) is 0 Å². The third kappa shape index (κ3) is 15.6. The van der Waals surface area contributed by atoms with E-state index in [4.69, 9.17) is 14.2 Å². The van der Waals surface area contributed by atoms with E-state index >= 15 is 0 Å². The molecule has 0 spiro atoms. The summed E-state index contributed by atoms with van der Waals surface area (Å²) in [5, 5.41) is 9.49. The molecule has 0 N–H and O–H groups in total. The van der Waals surface area contributed by atoms with Crippen molar-refractivity contribution in [3.63, 3.8) is 0 Å². The minimum absolute atomic E-state index is 0. The second-order valence-electron chi connectivity index (χ2n) is 5.79. The summed E-state index contributed by atoms with van der Waals surface area (Å²) >= 11 is 3.18. The van der Waals surface area contributed by atoms with E-state index in [9.17, 15) is 24.3 Å². The predicted octanol–water partition coefficient (Wildman–Crippen LogP) is -1.84. The molecule has 0 radical (unpaired) electrons. The summed E-state index contributed by atoms with van der Waals surface area (Å²) in [5.41, 5.74) is 0.355. The molecule has 0 amide bonds. The van der Waals surface area contributed by atoms with Crippen molar-refractivity contribution < 1.29 is 68.1 Å². The molecule has 2 aliphatic heterocycles. The van der Waals surface area contributed by atoms with Gasteiger partial charge in [-0.25, -0.2) is 4.79 Å². The molecule has 10 heteroatoms. The second kappa shape index (κ2) is 18.0. The Balaban J connectivity index is -0.000000367. The van der Waals surface area contributed by atoms with Gasteiger partial charge in [-0.1, -0.05) is 36.5 Å². The van der Waals surface area contributed by atoms with E-state index in [0.29, 0.717) is 38.2 Å². The Kier molecular flexibility index (Phi) is 20.3. The minimum Gasteiger partial charge on any atom is -0.545 e. The number of ether oxygens (including phenoxy) is 3. The molecule has 2 aliphatic rings. The van der Waals surface area contributed by atoms with Gasteiger partial charge in [-0.3, -0.25) is 9.59 Å². The molecule has 2 rings (SSSR count). The van der Waals surface area contributed by atoms with E-state index in [1.165, 1.54) is 13.8 Å². The van der Waals surface area contributed by atoms with Crippen molar-refractivity contribution >= 4 is 39.4 Å².